The Hall–Kier alpha value is -1.46. The maximum absolute atomic E-state index is 13.2. The first kappa shape index (κ1) is 14.9. The van der Waals surface area contributed by atoms with Crippen LogP contribution in [-0.2, 0) is 22.6 Å². The van der Waals surface area contributed by atoms with Gasteiger partial charge in [0.2, 0.25) is 0 Å². The van der Waals surface area contributed by atoms with E-state index in [-0.39, 0.29) is 17.8 Å². The third kappa shape index (κ3) is 3.35. The van der Waals surface area contributed by atoms with Crippen molar-refractivity contribution in [1.82, 2.24) is 4.90 Å². The Morgan fingerprint density at radius 3 is 2.95 bits per heavy atom. The Labute approximate surface area is 118 Å². The largest absolute Gasteiger partial charge is 0.468 e. The molecule has 0 amide bonds. The second kappa shape index (κ2) is 6.81. The van der Waals surface area contributed by atoms with Crippen molar-refractivity contribution >= 4 is 5.97 Å². The summed E-state index contributed by atoms with van der Waals surface area (Å²) >= 11 is 0. The van der Waals surface area contributed by atoms with Gasteiger partial charge in [-0.2, -0.15) is 0 Å². The van der Waals surface area contributed by atoms with E-state index in [2.05, 4.69) is 4.90 Å². The van der Waals surface area contributed by atoms with Crippen LogP contribution < -0.4 is 5.73 Å². The molecule has 1 fully saturated rings. The first-order chi connectivity index (χ1) is 9.65. The Balaban J connectivity index is 2.16. The number of piperidine rings is 1. The van der Waals surface area contributed by atoms with Crippen LogP contribution in [0.15, 0.2) is 18.2 Å². The van der Waals surface area contributed by atoms with Gasteiger partial charge in [-0.3, -0.25) is 9.69 Å². The van der Waals surface area contributed by atoms with Gasteiger partial charge < -0.3 is 10.5 Å². The molecule has 0 spiro atoms. The van der Waals surface area contributed by atoms with Crippen molar-refractivity contribution in [2.45, 2.75) is 38.4 Å². The van der Waals surface area contributed by atoms with E-state index in [9.17, 15) is 9.18 Å². The van der Waals surface area contributed by atoms with Crippen LogP contribution in [0.3, 0.4) is 0 Å². The normalized spacial score (nSPS) is 19.9. The topological polar surface area (TPSA) is 55.6 Å². The SMILES string of the molecule is COC(=O)C1CCCCN1Cc1ccc(F)cc1CN. The predicted molar refractivity (Wildman–Crippen MR) is 74.4 cm³/mol. The second-order valence-corrected chi connectivity index (χ2v) is 5.12. The lowest BCUT2D eigenvalue weighted by molar-refractivity contribution is -0.148. The van der Waals surface area contributed by atoms with Crippen LogP contribution in [0, 0.1) is 5.82 Å². The van der Waals surface area contributed by atoms with Gasteiger partial charge in [0.15, 0.2) is 0 Å². The van der Waals surface area contributed by atoms with Crippen molar-refractivity contribution in [3.05, 3.63) is 35.1 Å². The molecule has 1 aliphatic heterocycles. The highest BCUT2D eigenvalue weighted by molar-refractivity contribution is 5.75. The molecule has 5 heteroatoms. The first-order valence-electron chi connectivity index (χ1n) is 6.95. The minimum atomic E-state index is -0.280. The van der Waals surface area contributed by atoms with Crippen molar-refractivity contribution in [2.75, 3.05) is 13.7 Å². The van der Waals surface area contributed by atoms with Crippen molar-refractivity contribution in [1.29, 1.82) is 0 Å². The van der Waals surface area contributed by atoms with Gasteiger partial charge in [0.25, 0.3) is 0 Å². The molecule has 0 aliphatic carbocycles. The molecule has 1 aliphatic rings. The fourth-order valence-corrected chi connectivity index (χ4v) is 2.74. The fraction of sp³-hybridized carbons (Fsp3) is 0.533. The molecule has 1 saturated heterocycles. The molecule has 1 unspecified atom stereocenters. The Morgan fingerprint density at radius 2 is 2.25 bits per heavy atom. The van der Waals surface area contributed by atoms with Crippen molar-refractivity contribution in [3.8, 4) is 0 Å². The molecule has 20 heavy (non-hydrogen) atoms. The highest BCUT2D eigenvalue weighted by atomic mass is 19.1. The van der Waals surface area contributed by atoms with Gasteiger partial charge in [0.05, 0.1) is 7.11 Å². The lowest BCUT2D eigenvalue weighted by atomic mass is 9.99. The number of hydrogen-bond acceptors (Lipinski definition) is 4. The third-order valence-electron chi connectivity index (χ3n) is 3.85. The van der Waals surface area contributed by atoms with Crippen LogP contribution >= 0.6 is 0 Å². The molecule has 1 heterocycles. The molecule has 0 bridgehead atoms. The Morgan fingerprint density at radius 1 is 1.45 bits per heavy atom. The minimum Gasteiger partial charge on any atom is -0.468 e. The zero-order chi connectivity index (χ0) is 14.5. The molecule has 2 N–H and O–H groups in total. The van der Waals surface area contributed by atoms with Crippen molar-refractivity contribution in [3.63, 3.8) is 0 Å². The first-order valence-corrected chi connectivity index (χ1v) is 6.95. The zero-order valence-corrected chi connectivity index (χ0v) is 11.8. The predicted octanol–water partition coefficient (Wildman–Crippen LogP) is 1.81. The number of halogens is 1. The van der Waals surface area contributed by atoms with E-state index in [1.807, 2.05) is 0 Å². The van der Waals surface area contributed by atoms with Crippen LogP contribution in [-0.4, -0.2) is 30.6 Å². The summed E-state index contributed by atoms with van der Waals surface area (Å²) in [6.45, 7) is 1.75. The lowest BCUT2D eigenvalue weighted by Crippen LogP contribution is -2.44. The number of benzene rings is 1. The van der Waals surface area contributed by atoms with E-state index in [4.69, 9.17) is 10.5 Å². The van der Waals surface area contributed by atoms with E-state index in [0.29, 0.717) is 13.1 Å². The standard InChI is InChI=1S/C15H21FN2O2/c1-20-15(19)14-4-2-3-7-18(14)10-11-5-6-13(16)8-12(11)9-17/h5-6,8,14H,2-4,7,9-10,17H2,1H3. The highest BCUT2D eigenvalue weighted by Crippen LogP contribution is 2.22. The maximum atomic E-state index is 13.2. The molecular weight excluding hydrogens is 259 g/mol. The molecule has 0 saturated carbocycles. The molecule has 0 radical (unpaired) electrons. The monoisotopic (exact) mass is 280 g/mol. The van der Waals surface area contributed by atoms with Gasteiger partial charge in [-0.1, -0.05) is 12.5 Å². The Kier molecular flexibility index (Phi) is 5.09. The molecule has 2 rings (SSSR count). The molecule has 0 aromatic heterocycles. The highest BCUT2D eigenvalue weighted by Gasteiger charge is 2.29. The number of methoxy groups -OCH3 is 1. The fourth-order valence-electron chi connectivity index (χ4n) is 2.74. The summed E-state index contributed by atoms with van der Waals surface area (Å²) in [5.74, 6) is -0.474. The average molecular weight is 280 g/mol. The third-order valence-corrected chi connectivity index (χ3v) is 3.85. The van der Waals surface area contributed by atoms with Gasteiger partial charge in [-0.25, -0.2) is 4.39 Å². The van der Waals surface area contributed by atoms with E-state index in [1.165, 1.54) is 19.2 Å². The summed E-state index contributed by atoms with van der Waals surface area (Å²) < 4.78 is 18.1. The number of hydrogen-bond donors (Lipinski definition) is 1. The van der Waals surface area contributed by atoms with Crippen molar-refractivity contribution < 1.29 is 13.9 Å². The molecule has 1 atom stereocenters. The van der Waals surface area contributed by atoms with Crippen LogP contribution in [0.2, 0.25) is 0 Å². The van der Waals surface area contributed by atoms with Crippen molar-refractivity contribution in [2.24, 2.45) is 5.73 Å². The number of esters is 1. The maximum Gasteiger partial charge on any atom is 0.323 e. The van der Waals surface area contributed by atoms with Crippen LogP contribution in [0.25, 0.3) is 0 Å². The van der Waals surface area contributed by atoms with E-state index < -0.39 is 0 Å². The molecular formula is C15H21FN2O2. The van der Waals surface area contributed by atoms with Gasteiger partial charge in [-0.15, -0.1) is 0 Å². The van der Waals surface area contributed by atoms with Crippen LogP contribution in [0.4, 0.5) is 4.39 Å². The molecule has 1 aromatic carbocycles. The summed E-state index contributed by atoms with van der Waals surface area (Å²) in [7, 11) is 1.42. The summed E-state index contributed by atoms with van der Waals surface area (Å²) in [4.78, 5) is 13.9. The zero-order valence-electron chi connectivity index (χ0n) is 11.8. The summed E-state index contributed by atoms with van der Waals surface area (Å²) in [5.41, 5.74) is 7.44. The molecule has 4 nitrogen and oxygen atoms in total. The number of nitrogens with two attached hydrogens (primary N) is 1. The minimum absolute atomic E-state index is 0.193. The number of carbonyl (C=O) groups excluding carboxylic acids is 1. The molecule has 110 valence electrons. The second-order valence-electron chi connectivity index (χ2n) is 5.12. The van der Waals surface area contributed by atoms with Gasteiger partial charge in [0.1, 0.15) is 11.9 Å². The van der Waals surface area contributed by atoms with Gasteiger partial charge >= 0.3 is 5.97 Å². The van der Waals surface area contributed by atoms with Gasteiger partial charge in [0, 0.05) is 13.1 Å². The number of rotatable bonds is 4. The number of likely N-dealkylation sites (tertiary alicyclic amines) is 1. The van der Waals surface area contributed by atoms with Gasteiger partial charge in [-0.05, 0) is 42.6 Å². The van der Waals surface area contributed by atoms with E-state index in [1.54, 1.807) is 6.07 Å². The Bertz CT molecular complexity index is 479. The number of ether oxygens (including phenoxy) is 1. The lowest BCUT2D eigenvalue weighted by Gasteiger charge is -2.34. The summed E-state index contributed by atoms with van der Waals surface area (Å²) in [6, 6.07) is 4.45. The summed E-state index contributed by atoms with van der Waals surface area (Å²) in [6.07, 6.45) is 2.90. The molecule has 1 aromatic rings. The van der Waals surface area contributed by atoms with E-state index in [0.717, 1.165) is 36.9 Å². The number of nitrogens with zero attached hydrogens (tertiary/aromatic N) is 1. The summed E-state index contributed by atoms with van der Waals surface area (Å²) in [5, 5.41) is 0. The van der Waals surface area contributed by atoms with E-state index >= 15 is 0 Å². The average Bonchev–Trinajstić information content (AvgIpc) is 2.48. The number of carbonyl (C=O) groups is 1. The quantitative estimate of drug-likeness (QED) is 0.855. The van der Waals surface area contributed by atoms with Crippen LogP contribution in [0.5, 0.6) is 0 Å². The smallest absolute Gasteiger partial charge is 0.323 e. The van der Waals surface area contributed by atoms with Crippen LogP contribution in [0.1, 0.15) is 30.4 Å².